The number of rotatable bonds is 7. The second-order valence-corrected chi connectivity index (χ2v) is 9.51. The van der Waals surface area contributed by atoms with Gasteiger partial charge in [-0.15, -0.1) is 0 Å². The highest BCUT2D eigenvalue weighted by Crippen LogP contribution is 2.40. The second-order valence-electron chi connectivity index (χ2n) is 8.53. The smallest absolute Gasteiger partial charge is 0.332 e. The van der Waals surface area contributed by atoms with Crippen LogP contribution in [0.5, 0.6) is 11.5 Å². The number of methoxy groups -OCH3 is 2. The van der Waals surface area contributed by atoms with Gasteiger partial charge in [-0.2, -0.15) is 0 Å². The van der Waals surface area contributed by atoms with Gasteiger partial charge in [0, 0.05) is 20.7 Å². The molecule has 0 spiro atoms. The standard InChI is InChI=1S/C23H26N6O6S/c1-26-20-18(21(31)27(2)23(26)32)28(12-24-20)11-16(30)29(10-13-6-5-9-35-13)22-25-17-14(33-3)7-8-15(34-4)19(17)36-22/h7-8,12-13H,5-6,9-11H2,1-4H3. The van der Waals surface area contributed by atoms with E-state index in [2.05, 4.69) is 4.98 Å². The highest BCUT2D eigenvalue weighted by molar-refractivity contribution is 7.22. The summed E-state index contributed by atoms with van der Waals surface area (Å²) >= 11 is 1.32. The fourth-order valence-corrected chi connectivity index (χ4v) is 5.52. The maximum Gasteiger partial charge on any atom is 0.332 e. The minimum Gasteiger partial charge on any atom is -0.495 e. The van der Waals surface area contributed by atoms with Crippen molar-refractivity contribution in [1.82, 2.24) is 23.7 Å². The Bertz CT molecular complexity index is 1540. The first-order valence-electron chi connectivity index (χ1n) is 11.4. The quantitative estimate of drug-likeness (QED) is 0.361. The van der Waals surface area contributed by atoms with Crippen LogP contribution in [0.3, 0.4) is 0 Å². The SMILES string of the molecule is COc1ccc(OC)c2sc(N(CC3CCCO3)C(=O)Cn3cnc4c3c(=O)n(C)c(=O)n4C)nc12. The number of ether oxygens (including phenoxy) is 3. The molecule has 3 aromatic heterocycles. The molecule has 1 aliphatic rings. The molecule has 1 saturated heterocycles. The van der Waals surface area contributed by atoms with E-state index in [9.17, 15) is 14.4 Å². The van der Waals surface area contributed by atoms with E-state index in [-0.39, 0.29) is 29.7 Å². The van der Waals surface area contributed by atoms with Crippen molar-refractivity contribution in [3.05, 3.63) is 39.3 Å². The molecule has 4 aromatic rings. The van der Waals surface area contributed by atoms with E-state index in [0.29, 0.717) is 35.3 Å². The molecule has 0 bridgehead atoms. The molecule has 12 nitrogen and oxygen atoms in total. The van der Waals surface area contributed by atoms with Gasteiger partial charge < -0.3 is 18.8 Å². The normalized spacial score (nSPS) is 15.6. The van der Waals surface area contributed by atoms with E-state index in [1.165, 1.54) is 40.9 Å². The zero-order chi connectivity index (χ0) is 25.6. The van der Waals surface area contributed by atoms with Crippen molar-refractivity contribution in [2.45, 2.75) is 25.5 Å². The molecule has 1 atom stereocenters. The number of hydrogen-bond donors (Lipinski definition) is 0. The van der Waals surface area contributed by atoms with Crippen molar-refractivity contribution < 1.29 is 19.0 Å². The minimum atomic E-state index is -0.515. The van der Waals surface area contributed by atoms with Crippen LogP contribution in [0.4, 0.5) is 5.13 Å². The topological polar surface area (TPSA) is 123 Å². The van der Waals surface area contributed by atoms with Crippen LogP contribution in [0.25, 0.3) is 21.4 Å². The van der Waals surface area contributed by atoms with Gasteiger partial charge in [-0.25, -0.2) is 14.8 Å². The predicted molar refractivity (Wildman–Crippen MR) is 134 cm³/mol. The zero-order valence-electron chi connectivity index (χ0n) is 20.4. The average molecular weight is 515 g/mol. The van der Waals surface area contributed by atoms with Gasteiger partial charge in [-0.1, -0.05) is 11.3 Å². The molecule has 1 aliphatic heterocycles. The maximum atomic E-state index is 13.7. The molecule has 13 heteroatoms. The highest BCUT2D eigenvalue weighted by Gasteiger charge is 2.28. The molecule has 0 N–H and O–H groups in total. The number of amides is 1. The Morgan fingerprint density at radius 2 is 1.94 bits per heavy atom. The number of aryl methyl sites for hydroxylation is 1. The number of carbonyl (C=O) groups excluding carboxylic acids is 1. The number of carbonyl (C=O) groups is 1. The number of aromatic nitrogens is 5. The highest BCUT2D eigenvalue weighted by atomic mass is 32.1. The van der Waals surface area contributed by atoms with Crippen molar-refractivity contribution in [2.75, 3.05) is 32.3 Å². The molecule has 1 fully saturated rings. The lowest BCUT2D eigenvalue weighted by atomic mass is 10.2. The van der Waals surface area contributed by atoms with E-state index in [0.717, 1.165) is 22.1 Å². The molecule has 1 amide bonds. The van der Waals surface area contributed by atoms with Crippen molar-refractivity contribution in [2.24, 2.45) is 14.1 Å². The van der Waals surface area contributed by atoms with Gasteiger partial charge in [0.1, 0.15) is 28.3 Å². The summed E-state index contributed by atoms with van der Waals surface area (Å²) < 4.78 is 21.3. The monoisotopic (exact) mass is 514 g/mol. The van der Waals surface area contributed by atoms with Crippen molar-refractivity contribution in [3.63, 3.8) is 0 Å². The molecule has 36 heavy (non-hydrogen) atoms. The number of fused-ring (bicyclic) bond motifs is 2. The number of anilines is 1. The van der Waals surface area contributed by atoms with Gasteiger partial charge >= 0.3 is 5.69 Å². The van der Waals surface area contributed by atoms with Crippen molar-refractivity contribution in [1.29, 1.82) is 0 Å². The van der Waals surface area contributed by atoms with Crippen molar-refractivity contribution in [3.8, 4) is 11.5 Å². The molecular formula is C23H26N6O6S. The summed E-state index contributed by atoms with van der Waals surface area (Å²) in [5.41, 5.74) is -0.00683. The second kappa shape index (κ2) is 9.39. The van der Waals surface area contributed by atoms with Crippen LogP contribution in [0, 0.1) is 0 Å². The maximum absolute atomic E-state index is 13.7. The third kappa shape index (κ3) is 3.93. The molecule has 0 radical (unpaired) electrons. The number of thiazole rings is 1. The molecule has 190 valence electrons. The Balaban J connectivity index is 1.57. The first-order chi connectivity index (χ1) is 17.3. The molecule has 5 rings (SSSR count). The van der Waals surface area contributed by atoms with Crippen molar-refractivity contribution >= 4 is 43.8 Å². The summed E-state index contributed by atoms with van der Waals surface area (Å²) in [6.45, 7) is 0.789. The molecule has 0 aliphatic carbocycles. The number of nitrogens with zero attached hydrogens (tertiary/aromatic N) is 6. The van der Waals surface area contributed by atoms with Gasteiger partial charge in [0.05, 0.1) is 33.2 Å². The van der Waals surface area contributed by atoms with Crippen LogP contribution in [0.15, 0.2) is 28.0 Å². The third-order valence-electron chi connectivity index (χ3n) is 6.36. The van der Waals surface area contributed by atoms with Crippen LogP contribution in [-0.4, -0.2) is 63.1 Å². The summed E-state index contributed by atoms with van der Waals surface area (Å²) in [7, 11) is 6.07. The summed E-state index contributed by atoms with van der Waals surface area (Å²) in [5, 5.41) is 0.470. The van der Waals surface area contributed by atoms with E-state index >= 15 is 0 Å². The first-order valence-corrected chi connectivity index (χ1v) is 12.2. The van der Waals surface area contributed by atoms with E-state index in [1.54, 1.807) is 31.3 Å². The van der Waals surface area contributed by atoms with E-state index in [4.69, 9.17) is 19.2 Å². The predicted octanol–water partition coefficient (Wildman–Crippen LogP) is 1.27. The number of benzene rings is 1. The Labute approximate surface area is 209 Å². The Hall–Kier alpha value is -3.71. The summed E-state index contributed by atoms with van der Waals surface area (Å²) in [6, 6.07) is 3.57. The fraction of sp³-hybridized carbons (Fsp3) is 0.435. The van der Waals surface area contributed by atoms with Crippen LogP contribution in [0.2, 0.25) is 0 Å². The van der Waals surface area contributed by atoms with Gasteiger partial charge in [0.2, 0.25) is 5.91 Å². The fourth-order valence-electron chi connectivity index (χ4n) is 4.42. The lowest BCUT2D eigenvalue weighted by Crippen LogP contribution is -2.40. The van der Waals surface area contributed by atoms with Gasteiger partial charge in [0.15, 0.2) is 16.3 Å². The van der Waals surface area contributed by atoms with Gasteiger partial charge in [-0.05, 0) is 25.0 Å². The summed E-state index contributed by atoms with van der Waals surface area (Å²) in [6.07, 6.45) is 3.03. The van der Waals surface area contributed by atoms with E-state index in [1.807, 2.05) is 0 Å². The average Bonchev–Trinajstić information content (AvgIpc) is 3.64. The van der Waals surface area contributed by atoms with E-state index < -0.39 is 11.2 Å². The Kier molecular flexibility index (Phi) is 6.26. The third-order valence-corrected chi connectivity index (χ3v) is 7.46. The Morgan fingerprint density at radius 3 is 2.64 bits per heavy atom. The van der Waals surface area contributed by atoms with Gasteiger partial charge in [-0.3, -0.25) is 23.6 Å². The van der Waals surface area contributed by atoms with Crippen LogP contribution in [-0.2, 0) is 30.2 Å². The number of hydrogen-bond acceptors (Lipinski definition) is 9. The molecule has 1 unspecified atom stereocenters. The minimum absolute atomic E-state index is 0.127. The molecule has 1 aromatic carbocycles. The first kappa shape index (κ1) is 24.0. The number of imidazole rings is 1. The molecule has 0 saturated carbocycles. The van der Waals surface area contributed by atoms with Crippen LogP contribution < -0.4 is 25.6 Å². The lowest BCUT2D eigenvalue weighted by molar-refractivity contribution is -0.119. The summed E-state index contributed by atoms with van der Waals surface area (Å²) in [4.78, 5) is 49.4. The zero-order valence-corrected chi connectivity index (χ0v) is 21.2. The van der Waals surface area contributed by atoms with Crippen LogP contribution >= 0.6 is 11.3 Å². The van der Waals surface area contributed by atoms with Crippen LogP contribution in [0.1, 0.15) is 12.8 Å². The lowest BCUT2D eigenvalue weighted by Gasteiger charge is -2.23. The van der Waals surface area contributed by atoms with Gasteiger partial charge in [0.25, 0.3) is 5.56 Å². The molecular weight excluding hydrogens is 488 g/mol. The molecule has 4 heterocycles. The summed E-state index contributed by atoms with van der Waals surface area (Å²) in [5.74, 6) is 0.907. The largest absolute Gasteiger partial charge is 0.495 e. The Morgan fingerprint density at radius 1 is 1.19 bits per heavy atom.